The SMILES string of the molecule is C[C@H]1Cn2c(cc[n+]2C(F)(F)C(F)(F)F)-c2cnc([C@@](C)(O)C(F)(F)F)n21. The average molecular weight is 405 g/mol. The number of imidazole rings is 1. The van der Waals surface area contributed by atoms with Crippen LogP contribution < -0.4 is 4.68 Å². The molecular formula is C14H13F8N4O+. The highest BCUT2D eigenvalue weighted by Crippen LogP contribution is 2.42. The number of fused-ring (bicyclic) bond motifs is 3. The van der Waals surface area contributed by atoms with Crippen LogP contribution in [0.15, 0.2) is 18.5 Å². The second-order valence-corrected chi connectivity index (χ2v) is 6.42. The van der Waals surface area contributed by atoms with Gasteiger partial charge in [-0.05, 0) is 18.5 Å². The molecule has 0 fully saturated rings. The molecule has 0 unspecified atom stereocenters. The molecule has 0 aromatic carbocycles. The van der Waals surface area contributed by atoms with Crippen molar-refractivity contribution in [2.45, 2.75) is 50.4 Å². The molecular weight excluding hydrogens is 392 g/mol. The van der Waals surface area contributed by atoms with E-state index in [1.807, 2.05) is 0 Å². The molecule has 0 bridgehead atoms. The van der Waals surface area contributed by atoms with Crippen molar-refractivity contribution in [3.8, 4) is 11.4 Å². The Hall–Kier alpha value is -2.18. The monoisotopic (exact) mass is 405 g/mol. The molecule has 0 spiro atoms. The van der Waals surface area contributed by atoms with Crippen molar-refractivity contribution in [3.63, 3.8) is 0 Å². The van der Waals surface area contributed by atoms with Crippen molar-refractivity contribution in [1.29, 1.82) is 0 Å². The van der Waals surface area contributed by atoms with Crippen molar-refractivity contribution in [1.82, 2.24) is 14.2 Å². The van der Waals surface area contributed by atoms with Gasteiger partial charge in [0.25, 0.3) is 0 Å². The first-order valence-corrected chi connectivity index (χ1v) is 7.54. The van der Waals surface area contributed by atoms with E-state index in [0.717, 1.165) is 16.8 Å². The molecule has 3 heterocycles. The first-order valence-electron chi connectivity index (χ1n) is 7.54. The second-order valence-electron chi connectivity index (χ2n) is 6.42. The van der Waals surface area contributed by atoms with Gasteiger partial charge in [-0.15, -0.1) is 13.5 Å². The predicted molar refractivity (Wildman–Crippen MR) is 72.4 cm³/mol. The molecule has 0 aliphatic carbocycles. The van der Waals surface area contributed by atoms with Crippen LogP contribution in [0.3, 0.4) is 0 Å². The van der Waals surface area contributed by atoms with E-state index in [2.05, 4.69) is 4.98 Å². The summed E-state index contributed by atoms with van der Waals surface area (Å²) in [6.45, 7) is 1.32. The zero-order valence-electron chi connectivity index (χ0n) is 13.8. The van der Waals surface area contributed by atoms with E-state index in [4.69, 9.17) is 0 Å². The third kappa shape index (κ3) is 2.62. The van der Waals surface area contributed by atoms with Crippen LogP contribution in [0, 0.1) is 0 Å². The van der Waals surface area contributed by atoms with Crippen LogP contribution in [0.4, 0.5) is 35.1 Å². The van der Waals surface area contributed by atoms with Crippen LogP contribution in [-0.2, 0) is 18.2 Å². The van der Waals surface area contributed by atoms with Crippen molar-refractivity contribution >= 4 is 0 Å². The van der Waals surface area contributed by atoms with Gasteiger partial charge in [0.2, 0.25) is 11.8 Å². The largest absolute Gasteiger partial charge is 0.583 e. The Morgan fingerprint density at radius 2 is 1.67 bits per heavy atom. The van der Waals surface area contributed by atoms with Crippen molar-refractivity contribution in [2.75, 3.05) is 0 Å². The molecule has 0 amide bonds. The van der Waals surface area contributed by atoms with Gasteiger partial charge in [0.05, 0.1) is 24.5 Å². The van der Waals surface area contributed by atoms with Gasteiger partial charge in [-0.2, -0.15) is 26.3 Å². The maximum Gasteiger partial charge on any atom is 0.583 e. The fourth-order valence-electron chi connectivity index (χ4n) is 3.02. The Bertz CT molecular complexity index is 877. The second kappa shape index (κ2) is 5.42. The van der Waals surface area contributed by atoms with Gasteiger partial charge in [0.15, 0.2) is 5.82 Å². The summed E-state index contributed by atoms with van der Waals surface area (Å²) in [5.74, 6) is -0.779. The van der Waals surface area contributed by atoms with Crippen molar-refractivity contribution < 1.29 is 44.9 Å². The summed E-state index contributed by atoms with van der Waals surface area (Å²) >= 11 is 0. The highest BCUT2D eigenvalue weighted by Gasteiger charge is 2.70. The van der Waals surface area contributed by atoms with Crippen LogP contribution in [-0.4, -0.2) is 31.7 Å². The highest BCUT2D eigenvalue weighted by molar-refractivity contribution is 5.55. The van der Waals surface area contributed by atoms with Gasteiger partial charge in [-0.1, -0.05) is 0 Å². The summed E-state index contributed by atoms with van der Waals surface area (Å²) < 4.78 is 106. The van der Waals surface area contributed by atoms with Gasteiger partial charge in [0.1, 0.15) is 5.69 Å². The molecule has 1 aliphatic rings. The number of alkyl halides is 8. The molecule has 150 valence electrons. The van der Waals surface area contributed by atoms with E-state index in [9.17, 15) is 40.2 Å². The zero-order valence-corrected chi connectivity index (χ0v) is 13.8. The number of rotatable bonds is 2. The summed E-state index contributed by atoms with van der Waals surface area (Å²) in [4.78, 5) is 3.57. The minimum absolute atomic E-state index is 0.120. The lowest BCUT2D eigenvalue weighted by atomic mass is 10.0. The zero-order chi connectivity index (χ0) is 20.6. The van der Waals surface area contributed by atoms with E-state index >= 15 is 0 Å². The summed E-state index contributed by atoms with van der Waals surface area (Å²) in [6, 6.07) is -5.28. The van der Waals surface area contributed by atoms with E-state index in [1.165, 1.54) is 6.92 Å². The lowest BCUT2D eigenvalue weighted by molar-refractivity contribution is -0.906. The summed E-state index contributed by atoms with van der Waals surface area (Å²) in [5, 5.41) is 9.89. The Labute approximate surface area is 146 Å². The lowest BCUT2D eigenvalue weighted by Crippen LogP contribution is -2.64. The molecule has 5 nitrogen and oxygen atoms in total. The number of hydrogen-bond donors (Lipinski definition) is 1. The minimum atomic E-state index is -5.86. The van der Waals surface area contributed by atoms with E-state index in [-0.39, 0.29) is 16.1 Å². The average Bonchev–Trinajstić information content (AvgIpc) is 3.08. The number of hydrogen-bond acceptors (Lipinski definition) is 2. The third-order valence-electron chi connectivity index (χ3n) is 4.47. The van der Waals surface area contributed by atoms with Crippen LogP contribution in [0.2, 0.25) is 0 Å². The van der Waals surface area contributed by atoms with Crippen LogP contribution >= 0.6 is 0 Å². The normalized spacial score (nSPS) is 20.2. The molecule has 2 atom stereocenters. The molecule has 27 heavy (non-hydrogen) atoms. The van der Waals surface area contributed by atoms with E-state index in [1.54, 1.807) is 0 Å². The summed E-state index contributed by atoms with van der Waals surface area (Å²) in [6.07, 6.45) is -9.54. The topological polar surface area (TPSA) is 46.9 Å². The first-order chi connectivity index (χ1) is 12.1. The number of aliphatic hydroxyl groups is 1. The predicted octanol–water partition coefficient (Wildman–Crippen LogP) is 3.10. The molecule has 1 N–H and O–H groups in total. The molecule has 13 heteroatoms. The van der Waals surface area contributed by atoms with Crippen molar-refractivity contribution in [3.05, 3.63) is 24.3 Å². The standard InChI is InChI=1S/C14H13F8N4O/c1-7-6-24-8(3-4-25(24)14(21,22)13(18,19)20)9-5-23-10(26(7)9)11(2,27)12(15,16)17/h3-5,7,27H,6H2,1-2H3/q+1/t7-,11+/m0/s1. The molecule has 2 aromatic rings. The fourth-order valence-corrected chi connectivity index (χ4v) is 3.02. The number of nitrogens with zero attached hydrogens (tertiary/aromatic N) is 4. The van der Waals surface area contributed by atoms with Crippen LogP contribution in [0.1, 0.15) is 25.7 Å². The third-order valence-corrected chi connectivity index (χ3v) is 4.47. The molecule has 2 aromatic heterocycles. The van der Waals surface area contributed by atoms with Crippen molar-refractivity contribution in [2.24, 2.45) is 0 Å². The number of aromatic nitrogens is 4. The lowest BCUT2D eigenvalue weighted by Gasteiger charge is -2.31. The van der Waals surface area contributed by atoms with Gasteiger partial charge < -0.3 is 9.67 Å². The van der Waals surface area contributed by atoms with Crippen LogP contribution in [0.25, 0.3) is 11.4 Å². The Balaban J connectivity index is 2.18. The molecule has 0 saturated carbocycles. The maximum atomic E-state index is 13.7. The first kappa shape index (κ1) is 19.6. The Kier molecular flexibility index (Phi) is 3.93. The summed E-state index contributed by atoms with van der Waals surface area (Å²) in [5.41, 5.74) is -3.64. The Morgan fingerprint density at radius 1 is 1.07 bits per heavy atom. The molecule has 1 aliphatic heterocycles. The molecule has 0 saturated heterocycles. The minimum Gasteiger partial charge on any atom is -0.374 e. The molecule has 0 radical (unpaired) electrons. The van der Waals surface area contributed by atoms with Crippen LogP contribution in [0.5, 0.6) is 0 Å². The Morgan fingerprint density at radius 3 is 2.19 bits per heavy atom. The fraction of sp³-hybridized carbons (Fsp3) is 0.571. The quantitative estimate of drug-likeness (QED) is 0.617. The van der Waals surface area contributed by atoms with E-state index < -0.39 is 42.4 Å². The maximum absolute atomic E-state index is 13.7. The van der Waals surface area contributed by atoms with Gasteiger partial charge >= 0.3 is 18.4 Å². The summed E-state index contributed by atoms with van der Waals surface area (Å²) in [7, 11) is 0. The van der Waals surface area contributed by atoms with Gasteiger partial charge in [-0.3, -0.25) is 0 Å². The number of halogens is 8. The highest BCUT2D eigenvalue weighted by atomic mass is 19.4. The van der Waals surface area contributed by atoms with Gasteiger partial charge in [-0.25, -0.2) is 4.98 Å². The van der Waals surface area contributed by atoms with E-state index in [0.29, 0.717) is 17.8 Å². The van der Waals surface area contributed by atoms with Gasteiger partial charge in [0, 0.05) is 6.07 Å². The smallest absolute Gasteiger partial charge is 0.374 e. The molecule has 3 rings (SSSR count).